The maximum absolute atomic E-state index is 4.65. The van der Waals surface area contributed by atoms with Crippen molar-refractivity contribution in [1.82, 2.24) is 15.2 Å². The highest BCUT2D eigenvalue weighted by Gasteiger charge is 2.17. The van der Waals surface area contributed by atoms with Gasteiger partial charge in [0.25, 0.3) is 0 Å². The highest BCUT2D eigenvalue weighted by atomic mass is 32.1. The summed E-state index contributed by atoms with van der Waals surface area (Å²) >= 11 is 1.77. The summed E-state index contributed by atoms with van der Waals surface area (Å²) in [6.45, 7) is 7.33. The zero-order chi connectivity index (χ0) is 15.4. The fourth-order valence-electron chi connectivity index (χ4n) is 2.61. The van der Waals surface area contributed by atoms with Crippen LogP contribution in [0.25, 0.3) is 0 Å². The first-order valence-corrected chi connectivity index (χ1v) is 8.19. The highest BCUT2D eigenvalue weighted by molar-refractivity contribution is 7.11. The van der Waals surface area contributed by atoms with Crippen LogP contribution in [0, 0.1) is 13.8 Å². The molecule has 0 aliphatic heterocycles. The van der Waals surface area contributed by atoms with E-state index in [1.807, 2.05) is 0 Å². The van der Waals surface area contributed by atoms with Crippen LogP contribution in [0.5, 0.6) is 0 Å². The number of hydrogen-bond acceptors (Lipinski definition) is 4. The Morgan fingerprint density at radius 1 is 1.19 bits per heavy atom. The average Bonchev–Trinajstić information content (AvgIpc) is 2.78. The summed E-state index contributed by atoms with van der Waals surface area (Å²) in [4.78, 5) is 8.22. The van der Waals surface area contributed by atoms with Crippen LogP contribution in [0.1, 0.15) is 40.1 Å². The van der Waals surface area contributed by atoms with E-state index in [-0.39, 0.29) is 6.04 Å². The van der Waals surface area contributed by atoms with Crippen molar-refractivity contribution in [2.75, 3.05) is 20.6 Å². The normalized spacial score (nSPS) is 14.4. The fraction of sp³-hybridized carbons (Fsp3) is 0.471. The van der Waals surface area contributed by atoms with E-state index in [4.69, 9.17) is 0 Å². The van der Waals surface area contributed by atoms with Gasteiger partial charge in [-0.3, -0.25) is 0 Å². The molecule has 4 heteroatoms. The fourth-order valence-corrected chi connectivity index (χ4v) is 3.52. The molecule has 0 fully saturated rings. The van der Waals surface area contributed by atoms with Gasteiger partial charge in [-0.2, -0.15) is 0 Å². The van der Waals surface area contributed by atoms with E-state index in [1.165, 1.54) is 16.1 Å². The first kappa shape index (κ1) is 16.1. The van der Waals surface area contributed by atoms with Gasteiger partial charge in [-0.15, -0.1) is 11.3 Å². The summed E-state index contributed by atoms with van der Waals surface area (Å²) < 4.78 is 0. The molecule has 0 bridgehead atoms. The molecule has 114 valence electrons. The molecule has 2 unspecified atom stereocenters. The number of hydrogen-bond donors (Lipinski definition) is 1. The number of nitrogens with one attached hydrogen (secondary N) is 1. The van der Waals surface area contributed by atoms with Crippen molar-refractivity contribution in [1.29, 1.82) is 0 Å². The first-order valence-electron chi connectivity index (χ1n) is 7.37. The Balaban J connectivity index is 2.04. The van der Waals surface area contributed by atoms with Gasteiger partial charge in [0.05, 0.1) is 10.7 Å². The summed E-state index contributed by atoms with van der Waals surface area (Å²) in [5.74, 6) is 0. The van der Waals surface area contributed by atoms with Crippen LogP contribution < -0.4 is 5.32 Å². The van der Waals surface area contributed by atoms with Crippen molar-refractivity contribution in [2.24, 2.45) is 0 Å². The summed E-state index contributed by atoms with van der Waals surface area (Å²) in [7, 11) is 4.25. The Hall–Kier alpha value is -1.23. The third-order valence-corrected chi connectivity index (χ3v) is 4.68. The largest absolute Gasteiger partial charge is 0.307 e. The molecule has 0 saturated heterocycles. The summed E-state index contributed by atoms with van der Waals surface area (Å²) in [5, 5.41) is 4.78. The number of thiazole rings is 1. The minimum Gasteiger partial charge on any atom is -0.307 e. The number of aromatic nitrogens is 1. The van der Waals surface area contributed by atoms with Gasteiger partial charge in [0, 0.05) is 23.5 Å². The molecule has 3 nitrogen and oxygen atoms in total. The van der Waals surface area contributed by atoms with E-state index < -0.39 is 0 Å². The van der Waals surface area contributed by atoms with Gasteiger partial charge in [-0.05, 0) is 40.4 Å². The lowest BCUT2D eigenvalue weighted by Crippen LogP contribution is -2.32. The second kappa shape index (κ2) is 7.16. The SMILES string of the molecule is Cc1nc(C(C)NCC(c2ccccc2)N(C)C)c(C)s1. The topological polar surface area (TPSA) is 28.2 Å². The van der Waals surface area contributed by atoms with E-state index in [0.29, 0.717) is 6.04 Å². The van der Waals surface area contributed by atoms with Crippen LogP contribution in [0.2, 0.25) is 0 Å². The average molecular weight is 303 g/mol. The number of aryl methyl sites for hydroxylation is 2. The van der Waals surface area contributed by atoms with Gasteiger partial charge in [0.2, 0.25) is 0 Å². The zero-order valence-corrected chi connectivity index (χ0v) is 14.4. The third kappa shape index (κ3) is 4.13. The molecule has 1 N–H and O–H groups in total. The Kier molecular flexibility index (Phi) is 5.51. The van der Waals surface area contributed by atoms with Crippen molar-refractivity contribution >= 4 is 11.3 Å². The quantitative estimate of drug-likeness (QED) is 0.881. The van der Waals surface area contributed by atoms with E-state index in [0.717, 1.165) is 11.6 Å². The summed E-state index contributed by atoms with van der Waals surface area (Å²) in [6, 6.07) is 11.3. The molecule has 0 amide bonds. The van der Waals surface area contributed by atoms with Gasteiger partial charge in [-0.25, -0.2) is 4.98 Å². The van der Waals surface area contributed by atoms with Crippen LogP contribution in [0.3, 0.4) is 0 Å². The number of nitrogens with zero attached hydrogens (tertiary/aromatic N) is 2. The molecular formula is C17H25N3S. The van der Waals surface area contributed by atoms with Gasteiger partial charge < -0.3 is 10.2 Å². The van der Waals surface area contributed by atoms with Crippen LogP contribution in [0.15, 0.2) is 30.3 Å². The molecule has 1 aromatic carbocycles. The maximum atomic E-state index is 4.65. The lowest BCUT2D eigenvalue weighted by molar-refractivity contribution is 0.281. The Bertz CT molecular complexity index is 563. The number of rotatable bonds is 6. The minimum absolute atomic E-state index is 0.279. The lowest BCUT2D eigenvalue weighted by Gasteiger charge is -2.26. The first-order chi connectivity index (χ1) is 9.99. The van der Waals surface area contributed by atoms with Gasteiger partial charge >= 0.3 is 0 Å². The molecule has 0 aliphatic rings. The molecule has 0 aliphatic carbocycles. The molecule has 21 heavy (non-hydrogen) atoms. The van der Waals surface area contributed by atoms with Crippen molar-refractivity contribution in [3.8, 4) is 0 Å². The minimum atomic E-state index is 0.279. The van der Waals surface area contributed by atoms with Crippen LogP contribution >= 0.6 is 11.3 Å². The van der Waals surface area contributed by atoms with Crippen LogP contribution in [-0.4, -0.2) is 30.5 Å². The lowest BCUT2D eigenvalue weighted by atomic mass is 10.1. The van der Waals surface area contributed by atoms with Crippen LogP contribution in [-0.2, 0) is 0 Å². The van der Waals surface area contributed by atoms with E-state index in [2.05, 4.69) is 80.4 Å². The standard InChI is InChI=1S/C17H25N3S/c1-12(17-13(2)21-14(3)19-17)18-11-16(20(4)5)15-9-7-6-8-10-15/h6-10,12,16,18H,11H2,1-5H3. The molecular weight excluding hydrogens is 278 g/mol. The molecule has 2 atom stereocenters. The van der Waals surface area contributed by atoms with Crippen molar-refractivity contribution < 1.29 is 0 Å². The molecule has 0 saturated carbocycles. The smallest absolute Gasteiger partial charge is 0.0900 e. The zero-order valence-electron chi connectivity index (χ0n) is 13.6. The van der Waals surface area contributed by atoms with Crippen LogP contribution in [0.4, 0.5) is 0 Å². The molecule has 1 aromatic heterocycles. The monoisotopic (exact) mass is 303 g/mol. The molecule has 0 radical (unpaired) electrons. The van der Waals surface area contributed by atoms with E-state index in [9.17, 15) is 0 Å². The van der Waals surface area contributed by atoms with Crippen molar-refractivity contribution in [2.45, 2.75) is 32.9 Å². The van der Waals surface area contributed by atoms with Gasteiger partial charge in [0.15, 0.2) is 0 Å². The third-order valence-electron chi connectivity index (χ3n) is 3.77. The second-order valence-electron chi connectivity index (χ2n) is 5.69. The Morgan fingerprint density at radius 2 is 1.86 bits per heavy atom. The summed E-state index contributed by atoms with van der Waals surface area (Å²) in [6.07, 6.45) is 0. The van der Waals surface area contributed by atoms with Gasteiger partial charge in [-0.1, -0.05) is 30.3 Å². The Morgan fingerprint density at radius 3 is 2.38 bits per heavy atom. The predicted molar refractivity (Wildman–Crippen MR) is 90.9 cm³/mol. The Labute approximate surface area is 132 Å². The van der Waals surface area contributed by atoms with E-state index >= 15 is 0 Å². The molecule has 1 heterocycles. The number of likely N-dealkylation sites (N-methyl/N-ethyl adjacent to an activating group) is 1. The predicted octanol–water partition coefficient (Wildman–Crippen LogP) is 3.71. The summed E-state index contributed by atoms with van der Waals surface area (Å²) in [5.41, 5.74) is 2.52. The molecule has 2 aromatic rings. The van der Waals surface area contributed by atoms with Crippen molar-refractivity contribution in [3.63, 3.8) is 0 Å². The molecule has 2 rings (SSSR count). The van der Waals surface area contributed by atoms with Gasteiger partial charge in [0.1, 0.15) is 0 Å². The highest BCUT2D eigenvalue weighted by Crippen LogP contribution is 2.24. The van der Waals surface area contributed by atoms with Crippen molar-refractivity contribution in [3.05, 3.63) is 51.5 Å². The second-order valence-corrected chi connectivity index (χ2v) is 7.10. The van der Waals surface area contributed by atoms with E-state index in [1.54, 1.807) is 11.3 Å². The number of benzene rings is 1. The maximum Gasteiger partial charge on any atom is 0.0900 e. The molecule has 0 spiro atoms.